The van der Waals surface area contributed by atoms with Gasteiger partial charge in [0.1, 0.15) is 0 Å². The second-order valence-corrected chi connectivity index (χ2v) is 5.06. The molecule has 1 fully saturated rings. The molecule has 2 heteroatoms. The maximum absolute atomic E-state index is 6.04. The van der Waals surface area contributed by atoms with E-state index < -0.39 is 0 Å². The predicted molar refractivity (Wildman–Crippen MR) is 57.6 cm³/mol. The van der Waals surface area contributed by atoms with Gasteiger partial charge in [-0.2, -0.15) is 11.8 Å². The molecule has 0 bridgehead atoms. The molecule has 0 saturated heterocycles. The Morgan fingerprint density at radius 2 is 2.08 bits per heavy atom. The number of nitrogens with two attached hydrogens (primary N) is 1. The quantitative estimate of drug-likeness (QED) is 0.685. The zero-order chi connectivity index (χ0) is 8.81. The van der Waals surface area contributed by atoms with Crippen LogP contribution in [-0.4, -0.2) is 17.0 Å². The van der Waals surface area contributed by atoms with Crippen molar-refractivity contribution in [2.75, 3.05) is 5.75 Å². The van der Waals surface area contributed by atoms with Gasteiger partial charge >= 0.3 is 0 Å². The maximum atomic E-state index is 6.04. The van der Waals surface area contributed by atoms with Crippen LogP contribution in [0.25, 0.3) is 0 Å². The first-order valence-corrected chi connectivity index (χ1v) is 6.26. The van der Waals surface area contributed by atoms with E-state index in [1.807, 2.05) is 0 Å². The fraction of sp³-hybridized carbons (Fsp3) is 1.00. The lowest BCUT2D eigenvalue weighted by Gasteiger charge is -2.27. The molecule has 0 amide bonds. The first-order chi connectivity index (χ1) is 5.84. The van der Waals surface area contributed by atoms with E-state index >= 15 is 0 Å². The summed E-state index contributed by atoms with van der Waals surface area (Å²) in [5.74, 6) is 1.31. The molecule has 72 valence electrons. The summed E-state index contributed by atoms with van der Waals surface area (Å²) < 4.78 is 0. The van der Waals surface area contributed by atoms with Crippen molar-refractivity contribution in [3.63, 3.8) is 0 Å². The molecule has 2 unspecified atom stereocenters. The molecule has 2 N–H and O–H groups in total. The molecule has 0 aromatic heterocycles. The van der Waals surface area contributed by atoms with Crippen LogP contribution in [0.5, 0.6) is 0 Å². The van der Waals surface area contributed by atoms with E-state index in [-0.39, 0.29) is 0 Å². The predicted octanol–water partition coefficient (Wildman–Crippen LogP) is 2.79. The zero-order valence-corrected chi connectivity index (χ0v) is 8.91. The summed E-state index contributed by atoms with van der Waals surface area (Å²) in [7, 11) is 0. The summed E-state index contributed by atoms with van der Waals surface area (Å²) in [6, 6.07) is 0.487. The van der Waals surface area contributed by atoms with Gasteiger partial charge in [-0.15, -0.1) is 0 Å². The zero-order valence-electron chi connectivity index (χ0n) is 8.09. The molecule has 1 nitrogen and oxygen atoms in total. The van der Waals surface area contributed by atoms with Crippen molar-refractivity contribution in [2.24, 2.45) is 5.73 Å². The Morgan fingerprint density at radius 1 is 1.33 bits per heavy atom. The Hall–Kier alpha value is 0.310. The largest absolute Gasteiger partial charge is 0.327 e. The monoisotopic (exact) mass is 187 g/mol. The molecule has 0 spiro atoms. The molecule has 1 aliphatic rings. The first kappa shape index (κ1) is 10.4. The highest BCUT2D eigenvalue weighted by Gasteiger charge is 2.21. The lowest BCUT2D eigenvalue weighted by molar-refractivity contribution is 0.453. The third kappa shape index (κ3) is 3.36. The average Bonchev–Trinajstić information content (AvgIpc) is 2.09. The summed E-state index contributed by atoms with van der Waals surface area (Å²) in [4.78, 5) is 0. The summed E-state index contributed by atoms with van der Waals surface area (Å²) in [6.07, 6.45) is 8.03. The Kier molecular flexibility index (Phi) is 5.08. The molecule has 1 aliphatic carbocycles. The Labute approximate surface area is 80.5 Å². The van der Waals surface area contributed by atoms with Crippen molar-refractivity contribution < 1.29 is 0 Å². The second-order valence-electron chi connectivity index (χ2n) is 3.71. The number of hydrogen-bond acceptors (Lipinski definition) is 2. The Morgan fingerprint density at radius 3 is 2.75 bits per heavy atom. The van der Waals surface area contributed by atoms with E-state index in [1.54, 1.807) is 0 Å². The van der Waals surface area contributed by atoms with Gasteiger partial charge in [-0.1, -0.05) is 26.2 Å². The van der Waals surface area contributed by atoms with Crippen LogP contribution >= 0.6 is 11.8 Å². The van der Waals surface area contributed by atoms with Crippen molar-refractivity contribution in [2.45, 2.75) is 56.7 Å². The lowest BCUT2D eigenvalue weighted by atomic mass is 9.96. The molecule has 1 rings (SSSR count). The average molecular weight is 187 g/mol. The second kappa shape index (κ2) is 5.87. The topological polar surface area (TPSA) is 26.0 Å². The van der Waals surface area contributed by atoms with Gasteiger partial charge in [0.05, 0.1) is 0 Å². The van der Waals surface area contributed by atoms with Crippen LogP contribution in [0.2, 0.25) is 0 Å². The highest BCUT2D eigenvalue weighted by atomic mass is 32.2. The summed E-state index contributed by atoms with van der Waals surface area (Å²) in [6.45, 7) is 2.25. The molecule has 0 aromatic rings. The minimum Gasteiger partial charge on any atom is -0.327 e. The van der Waals surface area contributed by atoms with Crippen molar-refractivity contribution >= 4 is 11.8 Å². The fourth-order valence-electron chi connectivity index (χ4n) is 1.71. The number of hydrogen-bond donors (Lipinski definition) is 1. The third-order valence-corrected chi connectivity index (χ3v) is 4.12. The normalized spacial score (nSPS) is 30.5. The number of unbranched alkanes of at least 4 members (excludes halogenated alkanes) is 1. The highest BCUT2D eigenvalue weighted by Crippen LogP contribution is 2.27. The van der Waals surface area contributed by atoms with E-state index in [4.69, 9.17) is 5.73 Å². The van der Waals surface area contributed by atoms with Gasteiger partial charge in [0.25, 0.3) is 0 Å². The van der Waals surface area contributed by atoms with Crippen molar-refractivity contribution in [1.82, 2.24) is 0 Å². The lowest BCUT2D eigenvalue weighted by Crippen LogP contribution is -2.35. The molecule has 1 saturated carbocycles. The van der Waals surface area contributed by atoms with Gasteiger partial charge in [0.2, 0.25) is 0 Å². The molecular formula is C10H21NS. The Bertz CT molecular complexity index is 116. The summed E-state index contributed by atoms with van der Waals surface area (Å²) in [5, 5.41) is 0.769. The molecule has 0 aromatic carbocycles. The standard InChI is InChI=1S/C10H21NS/c1-2-3-8-12-10-7-5-4-6-9(10)11/h9-10H,2-8,11H2,1H3. The molecule has 0 heterocycles. The molecule has 0 radical (unpaired) electrons. The van der Waals surface area contributed by atoms with Crippen molar-refractivity contribution in [3.8, 4) is 0 Å². The van der Waals surface area contributed by atoms with Crippen LogP contribution < -0.4 is 5.73 Å². The molecule has 12 heavy (non-hydrogen) atoms. The van der Waals surface area contributed by atoms with Crippen LogP contribution in [0.1, 0.15) is 45.4 Å². The van der Waals surface area contributed by atoms with Gasteiger partial charge in [0.15, 0.2) is 0 Å². The highest BCUT2D eigenvalue weighted by molar-refractivity contribution is 7.99. The first-order valence-electron chi connectivity index (χ1n) is 5.21. The van der Waals surface area contributed by atoms with Crippen LogP contribution in [0.15, 0.2) is 0 Å². The van der Waals surface area contributed by atoms with Crippen LogP contribution in [0.4, 0.5) is 0 Å². The fourth-order valence-corrected chi connectivity index (χ4v) is 3.19. The Balaban J connectivity index is 2.11. The van der Waals surface area contributed by atoms with E-state index in [9.17, 15) is 0 Å². The smallest absolute Gasteiger partial charge is 0.0199 e. The molecule has 2 atom stereocenters. The SMILES string of the molecule is CCCCSC1CCCCC1N. The van der Waals surface area contributed by atoms with Crippen LogP contribution in [0.3, 0.4) is 0 Å². The molecule has 0 aliphatic heterocycles. The van der Waals surface area contributed by atoms with Gasteiger partial charge in [-0.25, -0.2) is 0 Å². The third-order valence-electron chi connectivity index (χ3n) is 2.58. The van der Waals surface area contributed by atoms with Gasteiger partial charge < -0.3 is 5.73 Å². The maximum Gasteiger partial charge on any atom is 0.0199 e. The number of thioether (sulfide) groups is 1. The minimum atomic E-state index is 0.487. The molecular weight excluding hydrogens is 166 g/mol. The van der Waals surface area contributed by atoms with Gasteiger partial charge in [-0.05, 0) is 25.0 Å². The minimum absolute atomic E-state index is 0.487. The van der Waals surface area contributed by atoms with Crippen LogP contribution in [-0.2, 0) is 0 Å². The summed E-state index contributed by atoms with van der Waals surface area (Å²) >= 11 is 2.11. The van der Waals surface area contributed by atoms with E-state index in [0.29, 0.717) is 6.04 Å². The van der Waals surface area contributed by atoms with Gasteiger partial charge in [0, 0.05) is 11.3 Å². The van der Waals surface area contributed by atoms with Crippen molar-refractivity contribution in [3.05, 3.63) is 0 Å². The summed E-state index contributed by atoms with van der Waals surface area (Å²) in [5.41, 5.74) is 6.04. The van der Waals surface area contributed by atoms with Crippen LogP contribution in [0, 0.1) is 0 Å². The van der Waals surface area contributed by atoms with E-state index in [0.717, 1.165) is 5.25 Å². The van der Waals surface area contributed by atoms with E-state index in [2.05, 4.69) is 18.7 Å². The van der Waals surface area contributed by atoms with Crippen molar-refractivity contribution in [1.29, 1.82) is 0 Å². The van der Waals surface area contributed by atoms with E-state index in [1.165, 1.54) is 44.3 Å². The van der Waals surface area contributed by atoms with Gasteiger partial charge in [-0.3, -0.25) is 0 Å². The number of rotatable bonds is 4.